The fourth-order valence-corrected chi connectivity index (χ4v) is 3.99. The molecule has 1 aliphatic heterocycles. The maximum absolute atomic E-state index is 12.3. The number of likely N-dealkylation sites (tertiary alicyclic amines) is 1. The van der Waals surface area contributed by atoms with E-state index in [2.05, 4.69) is 10.2 Å². The topological polar surface area (TPSA) is 52.6 Å². The molecule has 4 nitrogen and oxygen atoms in total. The van der Waals surface area contributed by atoms with E-state index in [9.17, 15) is 9.90 Å². The van der Waals surface area contributed by atoms with Gasteiger partial charge in [-0.05, 0) is 63.1 Å². The van der Waals surface area contributed by atoms with E-state index in [1.54, 1.807) is 12.1 Å². The zero-order valence-corrected chi connectivity index (χ0v) is 13.5. The Bertz CT molecular complexity index is 539. The first-order valence-electron chi connectivity index (χ1n) is 8.24. The summed E-state index contributed by atoms with van der Waals surface area (Å²) in [4.78, 5) is 14.7. The van der Waals surface area contributed by atoms with Gasteiger partial charge in [-0.15, -0.1) is 0 Å². The van der Waals surface area contributed by atoms with Crippen molar-refractivity contribution in [3.63, 3.8) is 0 Å². The Kier molecular flexibility index (Phi) is 4.13. The van der Waals surface area contributed by atoms with Crippen molar-refractivity contribution in [3.05, 3.63) is 29.8 Å². The largest absolute Gasteiger partial charge is 0.508 e. The number of fused-ring (bicyclic) bond motifs is 2. The van der Waals surface area contributed by atoms with Gasteiger partial charge in [0.1, 0.15) is 5.75 Å². The van der Waals surface area contributed by atoms with Crippen LogP contribution in [0, 0.1) is 5.92 Å². The maximum atomic E-state index is 12.3. The lowest BCUT2D eigenvalue weighted by molar-refractivity contribution is -0.124. The summed E-state index contributed by atoms with van der Waals surface area (Å²) in [5.74, 6) is 1.22. The molecule has 2 bridgehead atoms. The average molecular weight is 302 g/mol. The third-order valence-electron chi connectivity index (χ3n) is 4.93. The zero-order chi connectivity index (χ0) is 15.7. The van der Waals surface area contributed by atoms with Crippen LogP contribution in [-0.2, 0) is 11.2 Å². The van der Waals surface area contributed by atoms with Crippen molar-refractivity contribution in [1.29, 1.82) is 0 Å². The smallest absolute Gasteiger partial charge is 0.234 e. The number of phenols is 1. The highest BCUT2D eigenvalue weighted by Gasteiger charge is 2.38. The first kappa shape index (κ1) is 15.3. The minimum atomic E-state index is -0.285. The maximum Gasteiger partial charge on any atom is 0.234 e. The Morgan fingerprint density at radius 3 is 2.64 bits per heavy atom. The molecule has 3 rings (SSSR count). The Morgan fingerprint density at radius 2 is 2.05 bits per heavy atom. The summed E-state index contributed by atoms with van der Waals surface area (Å²) >= 11 is 0. The number of hydrogen-bond acceptors (Lipinski definition) is 3. The number of nitrogens with one attached hydrogen (secondary N) is 1. The van der Waals surface area contributed by atoms with Crippen LogP contribution in [0.15, 0.2) is 24.3 Å². The van der Waals surface area contributed by atoms with Crippen molar-refractivity contribution in [2.45, 2.75) is 51.1 Å². The van der Waals surface area contributed by atoms with Gasteiger partial charge >= 0.3 is 0 Å². The van der Waals surface area contributed by atoms with Crippen LogP contribution in [0.5, 0.6) is 5.75 Å². The minimum absolute atomic E-state index is 0.122. The molecule has 1 aromatic carbocycles. The van der Waals surface area contributed by atoms with E-state index in [4.69, 9.17) is 0 Å². The quantitative estimate of drug-likeness (QED) is 0.877. The Morgan fingerprint density at radius 1 is 1.32 bits per heavy atom. The molecule has 1 amide bonds. The first-order valence-corrected chi connectivity index (χ1v) is 8.24. The molecule has 120 valence electrons. The van der Waals surface area contributed by atoms with Crippen LogP contribution in [0.25, 0.3) is 0 Å². The van der Waals surface area contributed by atoms with Crippen molar-refractivity contribution in [2.24, 2.45) is 5.92 Å². The number of piperidine rings is 1. The van der Waals surface area contributed by atoms with Crippen molar-refractivity contribution < 1.29 is 9.90 Å². The SMILES string of the molecule is CC(C)(Cc1ccc(O)cc1)NC(=O)CN1C[C@@H]2CC[C@H]1C2. The molecule has 4 heteroatoms. The number of rotatable bonds is 5. The zero-order valence-electron chi connectivity index (χ0n) is 13.5. The van der Waals surface area contributed by atoms with E-state index in [0.29, 0.717) is 12.6 Å². The molecular formula is C18H26N2O2. The summed E-state index contributed by atoms with van der Waals surface area (Å²) in [6, 6.07) is 7.82. The van der Waals surface area contributed by atoms with E-state index >= 15 is 0 Å². The standard InChI is InChI=1S/C18H26N2O2/c1-18(2,10-13-4-7-16(21)8-5-13)19-17(22)12-20-11-14-3-6-15(20)9-14/h4-5,7-8,14-15,21H,3,6,9-12H2,1-2H3,(H,19,22)/t14-,15+/m1/s1. The number of benzene rings is 1. The Labute approximate surface area is 132 Å². The molecule has 0 spiro atoms. The lowest BCUT2D eigenvalue weighted by Gasteiger charge is -2.30. The molecule has 2 fully saturated rings. The van der Waals surface area contributed by atoms with E-state index in [1.807, 2.05) is 26.0 Å². The Balaban J connectivity index is 1.52. The highest BCUT2D eigenvalue weighted by Crippen LogP contribution is 2.36. The predicted octanol–water partition coefficient (Wildman–Crippen LogP) is 2.31. The lowest BCUT2D eigenvalue weighted by Crippen LogP contribution is -2.50. The van der Waals surface area contributed by atoms with E-state index in [0.717, 1.165) is 24.4 Å². The van der Waals surface area contributed by atoms with Gasteiger partial charge in [0, 0.05) is 18.1 Å². The van der Waals surface area contributed by atoms with Crippen molar-refractivity contribution >= 4 is 5.91 Å². The molecular weight excluding hydrogens is 276 g/mol. The van der Waals surface area contributed by atoms with Gasteiger partial charge < -0.3 is 10.4 Å². The number of phenolic OH excluding ortho intramolecular Hbond substituents is 1. The highest BCUT2D eigenvalue weighted by molar-refractivity contribution is 5.79. The van der Waals surface area contributed by atoms with Gasteiger partial charge in [-0.25, -0.2) is 0 Å². The summed E-state index contributed by atoms with van der Waals surface area (Å²) in [5.41, 5.74) is 0.829. The van der Waals surface area contributed by atoms with Gasteiger partial charge in [0.2, 0.25) is 5.91 Å². The van der Waals surface area contributed by atoms with E-state index < -0.39 is 0 Å². The second-order valence-corrected chi connectivity index (χ2v) is 7.54. The van der Waals surface area contributed by atoms with Crippen LogP contribution in [0.2, 0.25) is 0 Å². The molecule has 2 N–H and O–H groups in total. The molecule has 1 saturated heterocycles. The fourth-order valence-electron chi connectivity index (χ4n) is 3.99. The van der Waals surface area contributed by atoms with Gasteiger partial charge in [0.05, 0.1) is 6.54 Å². The number of aromatic hydroxyl groups is 1. The summed E-state index contributed by atoms with van der Waals surface area (Å²) < 4.78 is 0. The van der Waals surface area contributed by atoms with Gasteiger partial charge in [-0.1, -0.05) is 12.1 Å². The molecule has 0 aromatic heterocycles. The molecule has 1 heterocycles. The minimum Gasteiger partial charge on any atom is -0.508 e. The van der Waals surface area contributed by atoms with Crippen LogP contribution < -0.4 is 5.32 Å². The van der Waals surface area contributed by atoms with E-state index in [1.165, 1.54) is 19.3 Å². The average Bonchev–Trinajstić information content (AvgIpc) is 3.02. The van der Waals surface area contributed by atoms with E-state index in [-0.39, 0.29) is 17.2 Å². The molecule has 2 atom stereocenters. The molecule has 2 aliphatic rings. The molecule has 1 saturated carbocycles. The second-order valence-electron chi connectivity index (χ2n) is 7.54. The van der Waals surface area contributed by atoms with Crippen molar-refractivity contribution in [2.75, 3.05) is 13.1 Å². The lowest BCUT2D eigenvalue weighted by atomic mass is 9.95. The van der Waals surface area contributed by atoms with Gasteiger partial charge in [0.15, 0.2) is 0 Å². The second kappa shape index (κ2) is 5.92. The fraction of sp³-hybridized carbons (Fsp3) is 0.611. The number of carbonyl (C=O) groups is 1. The summed E-state index contributed by atoms with van der Waals surface area (Å²) in [5, 5.41) is 12.5. The van der Waals surface area contributed by atoms with Gasteiger partial charge in [-0.2, -0.15) is 0 Å². The van der Waals surface area contributed by atoms with Crippen LogP contribution in [0.4, 0.5) is 0 Å². The van der Waals surface area contributed by atoms with Gasteiger partial charge in [-0.3, -0.25) is 9.69 Å². The van der Waals surface area contributed by atoms with Crippen LogP contribution >= 0.6 is 0 Å². The molecule has 1 aliphatic carbocycles. The van der Waals surface area contributed by atoms with Crippen molar-refractivity contribution in [3.8, 4) is 5.75 Å². The highest BCUT2D eigenvalue weighted by atomic mass is 16.3. The number of amides is 1. The van der Waals surface area contributed by atoms with Crippen LogP contribution in [0.3, 0.4) is 0 Å². The summed E-state index contributed by atoms with van der Waals surface area (Å²) in [7, 11) is 0. The molecule has 1 aromatic rings. The molecule has 0 unspecified atom stereocenters. The molecule has 0 radical (unpaired) electrons. The third-order valence-corrected chi connectivity index (χ3v) is 4.93. The molecule has 22 heavy (non-hydrogen) atoms. The van der Waals surface area contributed by atoms with Crippen LogP contribution in [-0.4, -0.2) is 40.6 Å². The summed E-state index contributed by atoms with van der Waals surface area (Å²) in [6.45, 7) is 5.72. The third kappa shape index (κ3) is 3.61. The summed E-state index contributed by atoms with van der Waals surface area (Å²) in [6.07, 6.45) is 4.64. The number of carbonyl (C=O) groups excluding carboxylic acids is 1. The normalized spacial score (nSPS) is 24.6. The van der Waals surface area contributed by atoms with Crippen molar-refractivity contribution in [1.82, 2.24) is 10.2 Å². The van der Waals surface area contributed by atoms with Gasteiger partial charge in [0.25, 0.3) is 0 Å². The number of hydrogen-bond donors (Lipinski definition) is 2. The monoisotopic (exact) mass is 302 g/mol. The first-order chi connectivity index (χ1) is 10.4. The van der Waals surface area contributed by atoms with Crippen LogP contribution in [0.1, 0.15) is 38.7 Å². The Hall–Kier alpha value is -1.55. The predicted molar refractivity (Wildman–Crippen MR) is 86.7 cm³/mol. The number of nitrogens with zero attached hydrogens (tertiary/aromatic N) is 1.